The number of nitrogens with zero attached hydrogens (tertiary/aromatic N) is 2. The Morgan fingerprint density at radius 2 is 1.96 bits per heavy atom. The van der Waals surface area contributed by atoms with Crippen molar-refractivity contribution in [1.82, 2.24) is 15.3 Å². The lowest BCUT2D eigenvalue weighted by Gasteiger charge is -2.12. The molecule has 0 fully saturated rings. The van der Waals surface area contributed by atoms with Gasteiger partial charge in [0.05, 0.1) is 12.3 Å². The highest BCUT2D eigenvalue weighted by molar-refractivity contribution is 5.90. The van der Waals surface area contributed by atoms with Crippen LogP contribution in [-0.4, -0.2) is 22.0 Å². The van der Waals surface area contributed by atoms with Crippen LogP contribution in [0.25, 0.3) is 11.3 Å². The largest absolute Gasteiger partial charge is 0.475 e. The van der Waals surface area contributed by atoms with E-state index in [1.807, 2.05) is 50.2 Å². The lowest BCUT2D eigenvalue weighted by Crippen LogP contribution is -2.23. The summed E-state index contributed by atoms with van der Waals surface area (Å²) < 4.78 is 11.2. The quantitative estimate of drug-likeness (QED) is 0.745. The number of ether oxygens (including phenoxy) is 1. The highest BCUT2D eigenvalue weighted by Gasteiger charge is 2.15. The van der Waals surface area contributed by atoms with Crippen molar-refractivity contribution in [2.45, 2.75) is 26.5 Å². The summed E-state index contributed by atoms with van der Waals surface area (Å²) in [4.78, 5) is 20.5. The van der Waals surface area contributed by atoms with E-state index in [9.17, 15) is 4.79 Å². The molecule has 2 heterocycles. The topological polar surface area (TPSA) is 77.2 Å². The molecule has 0 saturated carbocycles. The summed E-state index contributed by atoms with van der Waals surface area (Å²) in [5.41, 5.74) is 1.66. The average molecular weight is 337 g/mol. The van der Waals surface area contributed by atoms with Crippen LogP contribution in [0.2, 0.25) is 0 Å². The zero-order valence-electron chi connectivity index (χ0n) is 14.1. The summed E-state index contributed by atoms with van der Waals surface area (Å²) in [6.07, 6.45) is 3.20. The van der Waals surface area contributed by atoms with Crippen molar-refractivity contribution in [1.29, 1.82) is 0 Å². The number of rotatable bonds is 6. The predicted octanol–water partition coefficient (Wildman–Crippen LogP) is 3.45. The molecule has 0 atom stereocenters. The molecule has 0 radical (unpaired) electrons. The molecule has 128 valence electrons. The van der Waals surface area contributed by atoms with Gasteiger partial charge in [0, 0.05) is 23.9 Å². The molecule has 0 aliphatic carbocycles. The van der Waals surface area contributed by atoms with Gasteiger partial charge in [0.2, 0.25) is 5.88 Å². The Labute approximate surface area is 145 Å². The maximum Gasteiger partial charge on any atom is 0.307 e. The Hall–Kier alpha value is -3.15. The molecular weight excluding hydrogens is 318 g/mol. The van der Waals surface area contributed by atoms with E-state index in [1.165, 1.54) is 0 Å². The average Bonchev–Trinajstić information content (AvgIpc) is 3.11. The zero-order chi connectivity index (χ0) is 17.6. The summed E-state index contributed by atoms with van der Waals surface area (Å²) in [5, 5.41) is 2.78. The van der Waals surface area contributed by atoms with E-state index in [0.29, 0.717) is 11.6 Å². The monoisotopic (exact) mass is 337 g/mol. The standard InChI is InChI=1S/C19H19N3O3/c1-13(2)24-18-15(9-6-10-20-18)11-21-17(23)19-22-12-16(25-19)14-7-4-3-5-8-14/h3-10,12-13H,11H2,1-2H3,(H,21,23). The number of hydrogen-bond acceptors (Lipinski definition) is 5. The van der Waals surface area contributed by atoms with Crippen molar-refractivity contribution in [3.05, 3.63) is 66.3 Å². The van der Waals surface area contributed by atoms with Crippen LogP contribution in [0.3, 0.4) is 0 Å². The maximum absolute atomic E-state index is 12.3. The number of amides is 1. The minimum atomic E-state index is -0.387. The summed E-state index contributed by atoms with van der Waals surface area (Å²) in [7, 11) is 0. The van der Waals surface area contributed by atoms with Gasteiger partial charge in [0.1, 0.15) is 0 Å². The van der Waals surface area contributed by atoms with Crippen molar-refractivity contribution < 1.29 is 13.9 Å². The molecule has 1 N–H and O–H groups in total. The van der Waals surface area contributed by atoms with Crippen molar-refractivity contribution in [3.63, 3.8) is 0 Å². The number of pyridine rings is 1. The minimum Gasteiger partial charge on any atom is -0.475 e. The minimum absolute atomic E-state index is 0.00419. The fraction of sp³-hybridized carbons (Fsp3) is 0.211. The van der Waals surface area contributed by atoms with Gasteiger partial charge in [0.15, 0.2) is 5.76 Å². The van der Waals surface area contributed by atoms with Crippen LogP contribution >= 0.6 is 0 Å². The van der Waals surface area contributed by atoms with Gasteiger partial charge in [-0.2, -0.15) is 0 Å². The molecule has 0 saturated heterocycles. The summed E-state index contributed by atoms with van der Waals surface area (Å²) in [6, 6.07) is 13.2. The molecule has 25 heavy (non-hydrogen) atoms. The fourth-order valence-corrected chi connectivity index (χ4v) is 2.25. The first kappa shape index (κ1) is 16.7. The normalized spacial score (nSPS) is 10.7. The fourth-order valence-electron chi connectivity index (χ4n) is 2.25. The number of nitrogens with one attached hydrogen (secondary N) is 1. The third kappa shape index (κ3) is 4.23. The van der Waals surface area contributed by atoms with E-state index in [4.69, 9.17) is 9.15 Å². The van der Waals surface area contributed by atoms with E-state index in [1.54, 1.807) is 18.5 Å². The SMILES string of the molecule is CC(C)Oc1ncccc1CNC(=O)c1ncc(-c2ccccc2)o1. The molecule has 1 aromatic carbocycles. The Balaban J connectivity index is 1.67. The van der Waals surface area contributed by atoms with Gasteiger partial charge < -0.3 is 14.5 Å². The van der Waals surface area contributed by atoms with Crippen LogP contribution in [-0.2, 0) is 6.54 Å². The van der Waals surface area contributed by atoms with Crippen LogP contribution in [0, 0.1) is 0 Å². The van der Waals surface area contributed by atoms with Crippen LogP contribution in [0.1, 0.15) is 30.1 Å². The van der Waals surface area contributed by atoms with E-state index in [-0.39, 0.29) is 24.4 Å². The Morgan fingerprint density at radius 3 is 2.72 bits per heavy atom. The van der Waals surface area contributed by atoms with Crippen molar-refractivity contribution in [2.75, 3.05) is 0 Å². The molecule has 0 bridgehead atoms. The molecule has 0 aliphatic rings. The Bertz CT molecular complexity index is 844. The van der Waals surface area contributed by atoms with Crippen molar-refractivity contribution >= 4 is 5.91 Å². The van der Waals surface area contributed by atoms with Gasteiger partial charge in [-0.15, -0.1) is 0 Å². The lowest BCUT2D eigenvalue weighted by atomic mass is 10.2. The summed E-state index contributed by atoms with van der Waals surface area (Å²) in [5.74, 6) is 0.696. The second kappa shape index (κ2) is 7.61. The van der Waals surface area contributed by atoms with E-state index >= 15 is 0 Å². The molecule has 3 rings (SSSR count). The third-order valence-electron chi connectivity index (χ3n) is 3.39. The molecule has 6 heteroatoms. The number of carbonyl (C=O) groups excluding carboxylic acids is 1. The van der Waals surface area contributed by atoms with Crippen LogP contribution in [0.15, 0.2) is 59.3 Å². The Morgan fingerprint density at radius 1 is 1.16 bits per heavy atom. The molecule has 0 aliphatic heterocycles. The first-order chi connectivity index (χ1) is 12.1. The van der Waals surface area contributed by atoms with Crippen LogP contribution in [0.4, 0.5) is 0 Å². The van der Waals surface area contributed by atoms with Crippen molar-refractivity contribution in [3.8, 4) is 17.2 Å². The van der Waals surface area contributed by atoms with Crippen molar-refractivity contribution in [2.24, 2.45) is 0 Å². The van der Waals surface area contributed by atoms with E-state index in [0.717, 1.165) is 11.1 Å². The first-order valence-electron chi connectivity index (χ1n) is 8.03. The van der Waals surface area contributed by atoms with Gasteiger partial charge in [-0.3, -0.25) is 4.79 Å². The van der Waals surface area contributed by atoms with Gasteiger partial charge in [0.25, 0.3) is 5.89 Å². The smallest absolute Gasteiger partial charge is 0.307 e. The number of aromatic nitrogens is 2. The third-order valence-corrected chi connectivity index (χ3v) is 3.39. The van der Waals surface area contributed by atoms with Gasteiger partial charge in [-0.05, 0) is 19.9 Å². The molecular formula is C19H19N3O3. The first-order valence-corrected chi connectivity index (χ1v) is 8.03. The van der Waals surface area contributed by atoms with Gasteiger partial charge in [-0.25, -0.2) is 9.97 Å². The second-order valence-corrected chi connectivity index (χ2v) is 5.71. The lowest BCUT2D eigenvalue weighted by molar-refractivity contribution is 0.0916. The maximum atomic E-state index is 12.3. The molecule has 0 spiro atoms. The van der Waals surface area contributed by atoms with Crippen LogP contribution in [0.5, 0.6) is 5.88 Å². The molecule has 0 unspecified atom stereocenters. The highest BCUT2D eigenvalue weighted by atomic mass is 16.5. The number of hydrogen-bond donors (Lipinski definition) is 1. The highest BCUT2D eigenvalue weighted by Crippen LogP contribution is 2.20. The molecule has 2 aromatic heterocycles. The second-order valence-electron chi connectivity index (χ2n) is 5.71. The number of oxazole rings is 1. The van der Waals surface area contributed by atoms with Gasteiger partial charge >= 0.3 is 5.91 Å². The van der Waals surface area contributed by atoms with E-state index < -0.39 is 0 Å². The summed E-state index contributed by atoms with van der Waals surface area (Å²) in [6.45, 7) is 4.13. The van der Waals surface area contributed by atoms with Crippen LogP contribution < -0.4 is 10.1 Å². The number of carbonyl (C=O) groups is 1. The molecule has 1 amide bonds. The van der Waals surface area contributed by atoms with Gasteiger partial charge in [-0.1, -0.05) is 36.4 Å². The molecule has 6 nitrogen and oxygen atoms in total. The number of benzene rings is 1. The summed E-state index contributed by atoms with van der Waals surface area (Å²) >= 11 is 0. The predicted molar refractivity (Wildman–Crippen MR) is 93.1 cm³/mol. The zero-order valence-corrected chi connectivity index (χ0v) is 14.1. The molecule has 3 aromatic rings. The Kier molecular flexibility index (Phi) is 5.09. The van der Waals surface area contributed by atoms with E-state index in [2.05, 4.69) is 15.3 Å².